The van der Waals surface area contributed by atoms with Gasteiger partial charge in [-0.2, -0.15) is 0 Å². The molecule has 5 heteroatoms. The molecule has 1 amide bonds. The first kappa shape index (κ1) is 13.3. The summed E-state index contributed by atoms with van der Waals surface area (Å²) in [6, 6.07) is 4.58. The first-order valence-corrected chi connectivity index (χ1v) is 5.29. The highest BCUT2D eigenvalue weighted by atomic mass is 19.1. The van der Waals surface area contributed by atoms with Gasteiger partial charge in [0.05, 0.1) is 5.69 Å². The minimum Gasteiger partial charge on any atom is -0.443 e. The lowest BCUT2D eigenvalue weighted by Crippen LogP contribution is -2.35. The number of nitrogens with one attached hydrogen (secondary N) is 2. The topological polar surface area (TPSA) is 50.4 Å². The minimum absolute atomic E-state index is 0.332. The SMILES string of the molecule is Cc1ccc(NNC(=O)OC(C)(C)C)cc1F. The molecule has 0 aliphatic rings. The van der Waals surface area contributed by atoms with Crippen LogP contribution in [0.2, 0.25) is 0 Å². The van der Waals surface area contributed by atoms with Gasteiger partial charge in [0.25, 0.3) is 0 Å². The van der Waals surface area contributed by atoms with Crippen molar-refractivity contribution in [2.75, 3.05) is 5.43 Å². The number of rotatable bonds is 2. The average molecular weight is 240 g/mol. The first-order chi connectivity index (χ1) is 7.78. The Balaban J connectivity index is 2.50. The highest BCUT2D eigenvalue weighted by Crippen LogP contribution is 2.13. The lowest BCUT2D eigenvalue weighted by atomic mass is 10.2. The maximum absolute atomic E-state index is 13.2. The third kappa shape index (κ3) is 4.72. The Morgan fingerprint density at radius 3 is 2.53 bits per heavy atom. The van der Waals surface area contributed by atoms with Crippen LogP contribution >= 0.6 is 0 Å². The molecule has 0 aliphatic carbocycles. The van der Waals surface area contributed by atoms with Gasteiger partial charge in [0.15, 0.2) is 0 Å². The van der Waals surface area contributed by atoms with Gasteiger partial charge in [-0.25, -0.2) is 14.6 Å². The van der Waals surface area contributed by atoms with Gasteiger partial charge in [-0.1, -0.05) is 6.07 Å². The van der Waals surface area contributed by atoms with Gasteiger partial charge in [0.1, 0.15) is 11.4 Å². The Labute approximate surface area is 100 Å². The summed E-state index contributed by atoms with van der Waals surface area (Å²) in [5.41, 5.74) is 5.34. The zero-order chi connectivity index (χ0) is 13.1. The smallest absolute Gasteiger partial charge is 0.426 e. The van der Waals surface area contributed by atoms with Crippen molar-refractivity contribution in [3.63, 3.8) is 0 Å². The largest absolute Gasteiger partial charge is 0.443 e. The van der Waals surface area contributed by atoms with Crippen molar-refractivity contribution < 1.29 is 13.9 Å². The molecule has 0 unspecified atom stereocenters. The molecular weight excluding hydrogens is 223 g/mol. The first-order valence-electron chi connectivity index (χ1n) is 5.29. The summed E-state index contributed by atoms with van der Waals surface area (Å²) in [6.07, 6.45) is -0.613. The molecule has 0 atom stereocenters. The van der Waals surface area contributed by atoms with Crippen LogP contribution in [0.25, 0.3) is 0 Å². The number of halogens is 1. The number of anilines is 1. The van der Waals surface area contributed by atoms with Crippen LogP contribution in [-0.4, -0.2) is 11.7 Å². The third-order valence-electron chi connectivity index (χ3n) is 1.88. The fourth-order valence-corrected chi connectivity index (χ4v) is 1.10. The van der Waals surface area contributed by atoms with E-state index in [2.05, 4.69) is 10.9 Å². The van der Waals surface area contributed by atoms with Crippen LogP contribution in [0, 0.1) is 12.7 Å². The summed E-state index contributed by atoms with van der Waals surface area (Å²) >= 11 is 0. The highest BCUT2D eigenvalue weighted by Gasteiger charge is 2.15. The Morgan fingerprint density at radius 1 is 1.35 bits per heavy atom. The molecule has 0 aromatic heterocycles. The van der Waals surface area contributed by atoms with Crippen LogP contribution in [0.4, 0.5) is 14.9 Å². The summed E-state index contributed by atoms with van der Waals surface area (Å²) < 4.78 is 18.2. The number of carbonyl (C=O) groups excluding carboxylic acids is 1. The summed E-state index contributed by atoms with van der Waals surface area (Å²) in [4.78, 5) is 11.3. The lowest BCUT2D eigenvalue weighted by molar-refractivity contribution is 0.0541. The molecule has 1 aromatic rings. The van der Waals surface area contributed by atoms with Gasteiger partial charge in [-0.05, 0) is 45.4 Å². The van der Waals surface area contributed by atoms with Crippen molar-refractivity contribution in [3.8, 4) is 0 Å². The number of hydrogen-bond acceptors (Lipinski definition) is 3. The zero-order valence-electron chi connectivity index (χ0n) is 10.4. The molecule has 0 saturated carbocycles. The van der Waals surface area contributed by atoms with E-state index < -0.39 is 11.7 Å². The molecule has 2 N–H and O–H groups in total. The lowest BCUT2D eigenvalue weighted by Gasteiger charge is -2.20. The van der Waals surface area contributed by atoms with Gasteiger partial charge < -0.3 is 4.74 Å². The Morgan fingerprint density at radius 2 is 2.00 bits per heavy atom. The summed E-state index contributed by atoms with van der Waals surface area (Å²) in [5.74, 6) is -0.332. The maximum atomic E-state index is 13.2. The molecule has 17 heavy (non-hydrogen) atoms. The second-order valence-electron chi connectivity index (χ2n) is 4.72. The fourth-order valence-electron chi connectivity index (χ4n) is 1.10. The number of hydrazine groups is 1. The Bertz CT molecular complexity index is 413. The van der Waals surface area contributed by atoms with Crippen molar-refractivity contribution in [1.82, 2.24) is 5.43 Å². The number of benzene rings is 1. The van der Waals surface area contributed by atoms with E-state index in [1.54, 1.807) is 39.8 Å². The molecule has 4 nitrogen and oxygen atoms in total. The molecule has 1 rings (SSSR count). The van der Waals surface area contributed by atoms with E-state index >= 15 is 0 Å². The molecule has 0 fully saturated rings. The van der Waals surface area contributed by atoms with Crippen molar-refractivity contribution in [1.29, 1.82) is 0 Å². The quantitative estimate of drug-likeness (QED) is 0.781. The second kappa shape index (κ2) is 5.03. The zero-order valence-corrected chi connectivity index (χ0v) is 10.4. The van der Waals surface area contributed by atoms with Crippen LogP contribution in [-0.2, 0) is 4.74 Å². The van der Waals surface area contributed by atoms with E-state index in [4.69, 9.17) is 4.74 Å². The van der Waals surface area contributed by atoms with Gasteiger partial charge in [0, 0.05) is 0 Å². The van der Waals surface area contributed by atoms with Crippen LogP contribution in [0.3, 0.4) is 0 Å². The summed E-state index contributed by atoms with van der Waals surface area (Å²) in [5, 5.41) is 0. The van der Waals surface area contributed by atoms with Gasteiger partial charge in [-0.15, -0.1) is 0 Å². The van der Waals surface area contributed by atoms with E-state index in [-0.39, 0.29) is 5.82 Å². The van der Waals surface area contributed by atoms with E-state index in [0.29, 0.717) is 11.3 Å². The normalized spacial score (nSPS) is 10.9. The van der Waals surface area contributed by atoms with Crippen molar-refractivity contribution >= 4 is 11.8 Å². The molecule has 1 aromatic carbocycles. The monoisotopic (exact) mass is 240 g/mol. The van der Waals surface area contributed by atoms with Gasteiger partial charge >= 0.3 is 6.09 Å². The Hall–Kier alpha value is -1.78. The summed E-state index contributed by atoms with van der Waals surface area (Å²) in [6.45, 7) is 6.95. The molecular formula is C12H17FN2O2. The number of hydrogen-bond donors (Lipinski definition) is 2. The van der Waals surface area contributed by atoms with Crippen molar-refractivity contribution in [3.05, 3.63) is 29.6 Å². The number of amides is 1. The molecule has 0 saturated heterocycles. The predicted octanol–water partition coefficient (Wildman–Crippen LogP) is 2.99. The van der Waals surface area contributed by atoms with E-state index in [9.17, 15) is 9.18 Å². The number of carbonyl (C=O) groups is 1. The average Bonchev–Trinajstić information content (AvgIpc) is 2.17. The summed E-state index contributed by atoms with van der Waals surface area (Å²) in [7, 11) is 0. The maximum Gasteiger partial charge on any atom is 0.426 e. The van der Waals surface area contributed by atoms with Crippen molar-refractivity contribution in [2.45, 2.75) is 33.3 Å². The van der Waals surface area contributed by atoms with Crippen LogP contribution in [0.5, 0.6) is 0 Å². The van der Waals surface area contributed by atoms with E-state index in [1.807, 2.05) is 0 Å². The van der Waals surface area contributed by atoms with Crippen LogP contribution in [0.15, 0.2) is 18.2 Å². The predicted molar refractivity (Wildman–Crippen MR) is 64.1 cm³/mol. The standard InChI is InChI=1S/C12H17FN2O2/c1-8-5-6-9(7-10(8)13)14-15-11(16)17-12(2,3)4/h5-7,14H,1-4H3,(H,15,16). The molecule has 0 heterocycles. The van der Waals surface area contributed by atoms with Gasteiger partial charge in [0.2, 0.25) is 0 Å². The molecule has 94 valence electrons. The highest BCUT2D eigenvalue weighted by molar-refractivity contribution is 5.69. The minimum atomic E-state index is -0.613. The van der Waals surface area contributed by atoms with E-state index in [1.165, 1.54) is 6.07 Å². The van der Waals surface area contributed by atoms with Crippen LogP contribution in [0.1, 0.15) is 26.3 Å². The molecule has 0 radical (unpaired) electrons. The van der Waals surface area contributed by atoms with Crippen LogP contribution < -0.4 is 10.9 Å². The molecule has 0 aliphatic heterocycles. The molecule has 0 spiro atoms. The number of ether oxygens (including phenoxy) is 1. The van der Waals surface area contributed by atoms with E-state index in [0.717, 1.165) is 0 Å². The second-order valence-corrected chi connectivity index (χ2v) is 4.72. The van der Waals surface area contributed by atoms with Crippen molar-refractivity contribution in [2.24, 2.45) is 0 Å². The third-order valence-corrected chi connectivity index (χ3v) is 1.88. The fraction of sp³-hybridized carbons (Fsp3) is 0.417. The Kier molecular flexibility index (Phi) is 3.93. The molecule has 0 bridgehead atoms. The van der Waals surface area contributed by atoms with Gasteiger partial charge in [-0.3, -0.25) is 5.43 Å². The number of aryl methyl sites for hydroxylation is 1.